The zero-order valence-electron chi connectivity index (χ0n) is 16.1. The van der Waals surface area contributed by atoms with Crippen LogP contribution in [0.25, 0.3) is 10.2 Å². The minimum Gasteiger partial charge on any atom is -0.497 e. The highest BCUT2D eigenvalue weighted by Crippen LogP contribution is 2.31. The number of methoxy groups -OCH3 is 1. The van der Waals surface area contributed by atoms with Gasteiger partial charge in [0.2, 0.25) is 0 Å². The summed E-state index contributed by atoms with van der Waals surface area (Å²) < 4.78 is 11.8. The average Bonchev–Trinajstić information content (AvgIpc) is 3.19. The normalized spacial score (nSPS) is 10.7. The van der Waals surface area contributed by atoms with E-state index in [-0.39, 0.29) is 12.5 Å². The minimum absolute atomic E-state index is 0.135. The van der Waals surface area contributed by atoms with Crippen LogP contribution in [0.1, 0.15) is 5.56 Å². The molecule has 2 aromatic heterocycles. The van der Waals surface area contributed by atoms with Gasteiger partial charge in [0.05, 0.1) is 23.9 Å². The number of carbonyl (C=O) groups excluding carboxylic acids is 1. The molecule has 4 rings (SSSR count). The van der Waals surface area contributed by atoms with Gasteiger partial charge >= 0.3 is 0 Å². The van der Waals surface area contributed by atoms with E-state index >= 15 is 0 Å². The Bertz CT molecular complexity index is 1170. The molecule has 4 aromatic rings. The molecular formula is C22H18ClN3O3S. The molecule has 0 aliphatic carbocycles. The Morgan fingerprint density at radius 3 is 2.80 bits per heavy atom. The van der Waals surface area contributed by atoms with Crippen molar-refractivity contribution in [2.45, 2.75) is 6.54 Å². The molecule has 1 amide bonds. The first-order chi connectivity index (χ1) is 14.6. The largest absolute Gasteiger partial charge is 0.497 e. The summed E-state index contributed by atoms with van der Waals surface area (Å²) in [5.41, 5.74) is 1.68. The van der Waals surface area contributed by atoms with Gasteiger partial charge in [0, 0.05) is 23.5 Å². The average molecular weight is 440 g/mol. The van der Waals surface area contributed by atoms with Gasteiger partial charge < -0.3 is 9.47 Å². The second-order valence-electron chi connectivity index (χ2n) is 6.42. The zero-order valence-corrected chi connectivity index (χ0v) is 17.7. The maximum atomic E-state index is 13.1. The van der Waals surface area contributed by atoms with Crippen LogP contribution in [0.3, 0.4) is 0 Å². The fraction of sp³-hybridized carbons (Fsp3) is 0.136. The molecule has 30 heavy (non-hydrogen) atoms. The quantitative estimate of drug-likeness (QED) is 0.407. The first-order valence-corrected chi connectivity index (χ1v) is 10.3. The number of nitrogens with zero attached hydrogens (tertiary/aromatic N) is 3. The Morgan fingerprint density at radius 1 is 1.13 bits per heavy atom. The molecular weight excluding hydrogens is 422 g/mol. The molecule has 152 valence electrons. The van der Waals surface area contributed by atoms with Gasteiger partial charge in [0.1, 0.15) is 11.5 Å². The number of pyridine rings is 1. The molecule has 0 N–H and O–H groups in total. The number of thiazole rings is 1. The predicted molar refractivity (Wildman–Crippen MR) is 119 cm³/mol. The number of hydrogen-bond acceptors (Lipinski definition) is 6. The van der Waals surface area contributed by atoms with Crippen LogP contribution >= 0.6 is 22.9 Å². The van der Waals surface area contributed by atoms with Crippen molar-refractivity contribution in [1.29, 1.82) is 0 Å². The Morgan fingerprint density at radius 2 is 2.00 bits per heavy atom. The van der Waals surface area contributed by atoms with Crippen LogP contribution < -0.4 is 14.4 Å². The third-order valence-electron chi connectivity index (χ3n) is 4.34. The summed E-state index contributed by atoms with van der Waals surface area (Å²) in [6.07, 6.45) is 3.43. The van der Waals surface area contributed by atoms with Crippen LogP contribution in [0, 0.1) is 0 Å². The number of carbonyl (C=O) groups is 1. The number of anilines is 1. The van der Waals surface area contributed by atoms with Gasteiger partial charge in [-0.3, -0.25) is 14.7 Å². The molecule has 2 heterocycles. The van der Waals surface area contributed by atoms with E-state index in [1.807, 2.05) is 36.4 Å². The Balaban J connectivity index is 1.59. The molecule has 0 aliphatic heterocycles. The summed E-state index contributed by atoms with van der Waals surface area (Å²) >= 11 is 7.51. The van der Waals surface area contributed by atoms with Crippen LogP contribution in [-0.4, -0.2) is 29.6 Å². The van der Waals surface area contributed by atoms with Gasteiger partial charge in [-0.15, -0.1) is 0 Å². The summed E-state index contributed by atoms with van der Waals surface area (Å²) in [7, 11) is 1.58. The van der Waals surface area contributed by atoms with E-state index in [2.05, 4.69) is 9.97 Å². The summed E-state index contributed by atoms with van der Waals surface area (Å²) in [6.45, 7) is 0.200. The second-order valence-corrected chi connectivity index (χ2v) is 7.86. The number of aromatic nitrogens is 2. The molecule has 0 unspecified atom stereocenters. The minimum atomic E-state index is -0.216. The van der Waals surface area contributed by atoms with Crippen LogP contribution in [0.2, 0.25) is 5.02 Å². The van der Waals surface area contributed by atoms with E-state index in [9.17, 15) is 4.79 Å². The van der Waals surface area contributed by atoms with Crippen LogP contribution in [0.5, 0.6) is 11.5 Å². The number of amides is 1. The molecule has 0 aliphatic rings. The molecule has 0 radical (unpaired) electrons. The van der Waals surface area contributed by atoms with Crippen LogP contribution in [-0.2, 0) is 11.3 Å². The molecule has 0 spiro atoms. The zero-order chi connectivity index (χ0) is 20.9. The second kappa shape index (κ2) is 9.11. The first-order valence-electron chi connectivity index (χ1n) is 9.14. The number of benzene rings is 2. The van der Waals surface area contributed by atoms with E-state index in [4.69, 9.17) is 21.1 Å². The summed E-state index contributed by atoms with van der Waals surface area (Å²) in [6, 6.07) is 16.4. The third-order valence-corrected chi connectivity index (χ3v) is 5.61. The SMILES string of the molecule is COc1cccc(OCC(=O)N(Cc2cccnc2)c2nc3ccc(Cl)cc3s2)c1. The van der Waals surface area contributed by atoms with Crippen molar-refractivity contribution in [2.75, 3.05) is 18.6 Å². The van der Waals surface area contributed by atoms with Crippen LogP contribution in [0.15, 0.2) is 67.0 Å². The van der Waals surface area contributed by atoms with Gasteiger partial charge in [0.25, 0.3) is 5.91 Å². The van der Waals surface area contributed by atoms with Gasteiger partial charge in [-0.2, -0.15) is 0 Å². The van der Waals surface area contributed by atoms with E-state index in [0.717, 1.165) is 15.8 Å². The van der Waals surface area contributed by atoms with E-state index in [1.165, 1.54) is 11.3 Å². The number of hydrogen-bond donors (Lipinski definition) is 0. The Labute approximate surface area is 182 Å². The number of rotatable bonds is 7. The third kappa shape index (κ3) is 4.69. The van der Waals surface area contributed by atoms with Gasteiger partial charge in [0.15, 0.2) is 11.7 Å². The smallest absolute Gasteiger partial charge is 0.267 e. The van der Waals surface area contributed by atoms with Crippen molar-refractivity contribution in [3.05, 3.63) is 77.6 Å². The lowest BCUT2D eigenvalue weighted by atomic mass is 10.2. The van der Waals surface area contributed by atoms with Gasteiger partial charge in [-0.05, 0) is 42.0 Å². The lowest BCUT2D eigenvalue weighted by Gasteiger charge is -2.20. The molecule has 2 aromatic carbocycles. The van der Waals surface area contributed by atoms with Gasteiger partial charge in [-0.25, -0.2) is 4.98 Å². The van der Waals surface area contributed by atoms with E-state index in [0.29, 0.717) is 28.2 Å². The lowest BCUT2D eigenvalue weighted by molar-refractivity contribution is -0.120. The number of halogens is 1. The maximum absolute atomic E-state index is 13.1. The van der Waals surface area contributed by atoms with Crippen molar-refractivity contribution in [2.24, 2.45) is 0 Å². The number of fused-ring (bicyclic) bond motifs is 1. The molecule has 6 nitrogen and oxygen atoms in total. The van der Waals surface area contributed by atoms with E-state index in [1.54, 1.807) is 42.6 Å². The van der Waals surface area contributed by atoms with E-state index < -0.39 is 0 Å². The highest BCUT2D eigenvalue weighted by Gasteiger charge is 2.21. The molecule has 8 heteroatoms. The Hall–Kier alpha value is -3.16. The Kier molecular flexibility index (Phi) is 6.11. The van der Waals surface area contributed by atoms with Crippen molar-refractivity contribution < 1.29 is 14.3 Å². The molecule has 0 saturated heterocycles. The van der Waals surface area contributed by atoms with Gasteiger partial charge in [-0.1, -0.05) is 35.1 Å². The topological polar surface area (TPSA) is 64.6 Å². The highest BCUT2D eigenvalue weighted by atomic mass is 35.5. The maximum Gasteiger partial charge on any atom is 0.267 e. The number of ether oxygens (including phenoxy) is 2. The van der Waals surface area contributed by atoms with Crippen molar-refractivity contribution in [3.63, 3.8) is 0 Å². The van der Waals surface area contributed by atoms with Crippen molar-refractivity contribution in [3.8, 4) is 11.5 Å². The molecule has 0 bridgehead atoms. The standard InChI is InChI=1S/C22H18ClN3O3S/c1-28-17-5-2-6-18(11-17)29-14-21(27)26(13-15-4-3-9-24-12-15)22-25-19-8-7-16(23)10-20(19)30-22/h2-12H,13-14H2,1H3. The van der Waals surface area contributed by atoms with Crippen molar-refractivity contribution >= 4 is 44.2 Å². The molecule has 0 saturated carbocycles. The molecule has 0 fully saturated rings. The summed E-state index contributed by atoms with van der Waals surface area (Å²) in [4.78, 5) is 23.5. The highest BCUT2D eigenvalue weighted by molar-refractivity contribution is 7.22. The van der Waals surface area contributed by atoms with Crippen LogP contribution in [0.4, 0.5) is 5.13 Å². The molecule has 0 atom stereocenters. The predicted octanol–water partition coefficient (Wildman–Crippen LogP) is 4.97. The summed E-state index contributed by atoms with van der Waals surface area (Å²) in [5.74, 6) is 1.00. The monoisotopic (exact) mass is 439 g/mol. The first kappa shape index (κ1) is 20.1. The lowest BCUT2D eigenvalue weighted by Crippen LogP contribution is -2.34. The fourth-order valence-corrected chi connectivity index (χ4v) is 4.11. The summed E-state index contributed by atoms with van der Waals surface area (Å²) in [5, 5.41) is 1.21. The van der Waals surface area contributed by atoms with Crippen molar-refractivity contribution in [1.82, 2.24) is 9.97 Å². The fourth-order valence-electron chi connectivity index (χ4n) is 2.85.